The van der Waals surface area contributed by atoms with E-state index in [4.69, 9.17) is 5.73 Å². The van der Waals surface area contributed by atoms with Crippen molar-refractivity contribution >= 4 is 15.8 Å². The Labute approximate surface area is 127 Å². The molecule has 2 unspecified atom stereocenters. The van der Waals surface area contributed by atoms with Crippen LogP contribution in [-0.2, 0) is 19.4 Å². The van der Waals surface area contributed by atoms with Gasteiger partial charge >= 0.3 is 5.97 Å². The maximum atomic E-state index is 12.8. The predicted molar refractivity (Wildman–Crippen MR) is 81.6 cm³/mol. The Morgan fingerprint density at radius 1 is 1.19 bits per heavy atom. The lowest BCUT2D eigenvalue weighted by atomic mass is 9.97. The minimum Gasteiger partial charge on any atom is -0.469 e. The number of nitrogens with two attached hydrogens (primary N) is 1. The third kappa shape index (κ3) is 4.42. The molecule has 0 bridgehead atoms. The summed E-state index contributed by atoms with van der Waals surface area (Å²) in [5.41, 5.74) is 5.75. The van der Waals surface area contributed by atoms with Crippen LogP contribution in [0.25, 0.3) is 0 Å². The minimum atomic E-state index is -3.25. The van der Waals surface area contributed by atoms with E-state index in [0.717, 1.165) is 44.9 Å². The molecule has 0 amide bonds. The van der Waals surface area contributed by atoms with Crippen LogP contribution in [0.4, 0.5) is 0 Å². The Kier molecular flexibility index (Phi) is 5.30. The van der Waals surface area contributed by atoms with Gasteiger partial charge < -0.3 is 10.5 Å². The molecule has 2 atom stereocenters. The van der Waals surface area contributed by atoms with Crippen LogP contribution in [0, 0.1) is 5.41 Å². The number of methoxy groups -OCH3 is 1. The van der Waals surface area contributed by atoms with Gasteiger partial charge in [0.15, 0.2) is 9.84 Å². The summed E-state index contributed by atoms with van der Waals surface area (Å²) in [6.07, 6.45) is 7.43. The molecule has 0 aromatic carbocycles. The summed E-state index contributed by atoms with van der Waals surface area (Å²) in [4.78, 5) is 11.5. The van der Waals surface area contributed by atoms with Crippen molar-refractivity contribution in [2.45, 2.75) is 69.1 Å². The van der Waals surface area contributed by atoms with Crippen molar-refractivity contribution < 1.29 is 17.9 Å². The third-order valence-corrected chi connectivity index (χ3v) is 7.45. The fourth-order valence-corrected chi connectivity index (χ4v) is 6.04. The van der Waals surface area contributed by atoms with Crippen LogP contribution >= 0.6 is 0 Å². The molecule has 21 heavy (non-hydrogen) atoms. The molecule has 2 aliphatic rings. The Morgan fingerprint density at radius 3 is 2.38 bits per heavy atom. The molecule has 0 saturated heterocycles. The summed E-state index contributed by atoms with van der Waals surface area (Å²) in [7, 11) is -1.91. The molecule has 2 fully saturated rings. The smallest absolute Gasteiger partial charge is 0.306 e. The van der Waals surface area contributed by atoms with Gasteiger partial charge in [-0.2, -0.15) is 0 Å². The molecule has 2 saturated carbocycles. The van der Waals surface area contributed by atoms with Crippen LogP contribution < -0.4 is 5.73 Å². The molecule has 0 aromatic heterocycles. The zero-order valence-electron chi connectivity index (χ0n) is 12.8. The molecule has 0 aromatic rings. The van der Waals surface area contributed by atoms with Crippen LogP contribution in [-0.4, -0.2) is 38.5 Å². The standard InChI is InChI=1S/C15H27NO4S/c1-20-14(17)10-15(8-9-15)11-21(18,19)13-7-5-3-2-4-6-12(13)16/h12-13H,2-11,16H2,1H3. The van der Waals surface area contributed by atoms with Gasteiger partial charge in [-0.1, -0.05) is 25.7 Å². The number of sulfone groups is 1. The highest BCUT2D eigenvalue weighted by atomic mass is 32.2. The number of carbonyl (C=O) groups is 1. The minimum absolute atomic E-state index is 0.0907. The van der Waals surface area contributed by atoms with E-state index >= 15 is 0 Å². The van der Waals surface area contributed by atoms with Gasteiger partial charge in [-0.25, -0.2) is 8.42 Å². The molecular weight excluding hydrogens is 290 g/mol. The Hall–Kier alpha value is -0.620. The third-order valence-electron chi connectivity index (χ3n) is 4.93. The van der Waals surface area contributed by atoms with Gasteiger partial charge in [0, 0.05) is 6.04 Å². The first-order valence-electron chi connectivity index (χ1n) is 7.93. The molecule has 2 N–H and O–H groups in total. The summed E-state index contributed by atoms with van der Waals surface area (Å²) in [5.74, 6) is -0.224. The monoisotopic (exact) mass is 317 g/mol. The number of ether oxygens (including phenoxy) is 1. The second-order valence-electron chi connectivity index (χ2n) is 6.75. The molecule has 6 heteroatoms. The molecule has 0 aliphatic heterocycles. The first-order chi connectivity index (χ1) is 9.88. The Morgan fingerprint density at radius 2 is 1.81 bits per heavy atom. The molecular formula is C15H27NO4S. The van der Waals surface area contributed by atoms with Crippen molar-refractivity contribution in [1.82, 2.24) is 0 Å². The van der Waals surface area contributed by atoms with Gasteiger partial charge in [-0.15, -0.1) is 0 Å². The topological polar surface area (TPSA) is 86.5 Å². The molecule has 2 aliphatic carbocycles. The highest BCUT2D eigenvalue weighted by Gasteiger charge is 2.49. The summed E-state index contributed by atoms with van der Waals surface area (Å²) >= 11 is 0. The quantitative estimate of drug-likeness (QED) is 0.781. The number of esters is 1. The fourth-order valence-electron chi connectivity index (χ4n) is 3.39. The summed E-state index contributed by atoms with van der Waals surface area (Å²) in [6.45, 7) is 0. The van der Waals surface area contributed by atoms with Gasteiger partial charge in [-0.3, -0.25) is 4.79 Å². The maximum Gasteiger partial charge on any atom is 0.306 e. The normalized spacial score (nSPS) is 29.2. The molecule has 0 spiro atoms. The number of carbonyl (C=O) groups excluding carboxylic acids is 1. The summed E-state index contributed by atoms with van der Waals surface area (Å²) in [6, 6.07) is -0.260. The highest BCUT2D eigenvalue weighted by Crippen LogP contribution is 2.50. The van der Waals surface area contributed by atoms with E-state index in [1.165, 1.54) is 7.11 Å². The lowest BCUT2D eigenvalue weighted by molar-refractivity contribution is -0.141. The number of rotatable bonds is 5. The molecule has 5 nitrogen and oxygen atoms in total. The van der Waals surface area contributed by atoms with E-state index < -0.39 is 15.1 Å². The van der Waals surface area contributed by atoms with Gasteiger partial charge in [0.25, 0.3) is 0 Å². The van der Waals surface area contributed by atoms with E-state index in [1.807, 2.05) is 0 Å². The summed E-state index contributed by atoms with van der Waals surface area (Å²) < 4.78 is 30.2. The van der Waals surface area contributed by atoms with E-state index in [2.05, 4.69) is 4.74 Å². The lowest BCUT2D eigenvalue weighted by Gasteiger charge is -2.27. The Balaban J connectivity index is 2.04. The zero-order chi connectivity index (χ0) is 15.5. The average molecular weight is 317 g/mol. The van der Waals surface area contributed by atoms with Crippen molar-refractivity contribution in [2.75, 3.05) is 12.9 Å². The maximum absolute atomic E-state index is 12.8. The highest BCUT2D eigenvalue weighted by molar-refractivity contribution is 7.92. The molecule has 2 rings (SSSR count). The van der Waals surface area contributed by atoms with E-state index in [0.29, 0.717) is 6.42 Å². The summed E-state index contributed by atoms with van der Waals surface area (Å²) in [5, 5.41) is -0.437. The number of hydrogen-bond donors (Lipinski definition) is 1. The first kappa shape index (κ1) is 16.7. The van der Waals surface area contributed by atoms with Crippen molar-refractivity contribution in [3.63, 3.8) is 0 Å². The Bertz CT molecular complexity index is 470. The second-order valence-corrected chi connectivity index (χ2v) is 8.97. The van der Waals surface area contributed by atoms with Crippen LogP contribution in [0.1, 0.15) is 57.8 Å². The van der Waals surface area contributed by atoms with Crippen LogP contribution in [0.5, 0.6) is 0 Å². The molecule has 0 radical (unpaired) electrons. The molecule has 122 valence electrons. The number of hydrogen-bond acceptors (Lipinski definition) is 5. The van der Waals surface area contributed by atoms with Gasteiger partial charge in [0.1, 0.15) is 0 Å². The van der Waals surface area contributed by atoms with Gasteiger partial charge in [0.05, 0.1) is 24.5 Å². The molecule has 0 heterocycles. The second kappa shape index (κ2) is 6.65. The predicted octanol–water partition coefficient (Wildman–Crippen LogP) is 1.79. The van der Waals surface area contributed by atoms with E-state index in [-0.39, 0.29) is 29.6 Å². The van der Waals surface area contributed by atoms with Crippen molar-refractivity contribution in [2.24, 2.45) is 11.1 Å². The fraction of sp³-hybridized carbons (Fsp3) is 0.933. The lowest BCUT2D eigenvalue weighted by Crippen LogP contribution is -2.43. The zero-order valence-corrected chi connectivity index (χ0v) is 13.7. The van der Waals surface area contributed by atoms with E-state index in [1.54, 1.807) is 0 Å². The van der Waals surface area contributed by atoms with Gasteiger partial charge in [0.2, 0.25) is 0 Å². The van der Waals surface area contributed by atoms with Gasteiger partial charge in [-0.05, 0) is 31.1 Å². The van der Waals surface area contributed by atoms with Crippen LogP contribution in [0.3, 0.4) is 0 Å². The van der Waals surface area contributed by atoms with Crippen LogP contribution in [0.15, 0.2) is 0 Å². The first-order valence-corrected chi connectivity index (χ1v) is 9.64. The van der Waals surface area contributed by atoms with Crippen molar-refractivity contribution in [1.29, 1.82) is 0 Å². The van der Waals surface area contributed by atoms with Crippen molar-refractivity contribution in [3.8, 4) is 0 Å². The largest absolute Gasteiger partial charge is 0.469 e. The SMILES string of the molecule is COC(=O)CC1(CS(=O)(=O)C2CCCCCCC2N)CC1. The average Bonchev–Trinajstić information content (AvgIpc) is 3.12. The van der Waals surface area contributed by atoms with E-state index in [9.17, 15) is 13.2 Å². The van der Waals surface area contributed by atoms with Crippen molar-refractivity contribution in [3.05, 3.63) is 0 Å². The van der Waals surface area contributed by atoms with Crippen LogP contribution in [0.2, 0.25) is 0 Å².